The predicted molar refractivity (Wildman–Crippen MR) is 56.8 cm³/mol. The second-order valence-electron chi connectivity index (χ2n) is 2.95. The highest BCUT2D eigenvalue weighted by Crippen LogP contribution is 2.22. The number of aromatic nitrogens is 2. The summed E-state index contributed by atoms with van der Waals surface area (Å²) < 4.78 is 13.4. The third-order valence-electron chi connectivity index (χ3n) is 1.87. The number of nitrogen functional groups attached to an aromatic ring is 1. The molecule has 0 spiro atoms. The zero-order chi connectivity index (χ0) is 10.8. The molecule has 0 amide bonds. The first kappa shape index (κ1) is 9.86. The molecule has 0 saturated carbocycles. The van der Waals surface area contributed by atoms with Crippen LogP contribution in [-0.4, -0.2) is 9.97 Å². The third kappa shape index (κ3) is 2.05. The van der Waals surface area contributed by atoms with E-state index in [1.54, 1.807) is 12.1 Å². The molecule has 0 aliphatic carbocycles. The van der Waals surface area contributed by atoms with Crippen molar-refractivity contribution >= 4 is 17.3 Å². The van der Waals surface area contributed by atoms with Crippen LogP contribution in [0.2, 0.25) is 5.15 Å². The lowest BCUT2D eigenvalue weighted by Gasteiger charge is -2.02. The van der Waals surface area contributed by atoms with Crippen LogP contribution in [0.5, 0.6) is 0 Å². The van der Waals surface area contributed by atoms with Gasteiger partial charge in [0, 0.05) is 11.9 Å². The summed E-state index contributed by atoms with van der Waals surface area (Å²) in [5, 5.41) is 0.111. The molecule has 5 heteroatoms. The van der Waals surface area contributed by atoms with Crippen LogP contribution in [0.15, 0.2) is 30.5 Å². The van der Waals surface area contributed by atoms with Gasteiger partial charge in [0.2, 0.25) is 5.95 Å². The predicted octanol–water partition coefficient (Wildman–Crippen LogP) is 2.52. The highest BCUT2D eigenvalue weighted by Gasteiger charge is 2.08. The Morgan fingerprint density at radius 1 is 1.27 bits per heavy atom. The average Bonchev–Trinajstić information content (AvgIpc) is 2.17. The van der Waals surface area contributed by atoms with Crippen LogP contribution >= 0.6 is 11.6 Å². The molecule has 2 N–H and O–H groups in total. The maximum atomic E-state index is 13.4. The molecule has 0 radical (unpaired) electrons. The highest BCUT2D eigenvalue weighted by atomic mass is 35.5. The minimum Gasteiger partial charge on any atom is -0.399 e. The SMILES string of the molecule is Nc1ccnc(-c2ccc(Cl)nc2F)c1. The van der Waals surface area contributed by atoms with E-state index in [0.29, 0.717) is 11.4 Å². The van der Waals surface area contributed by atoms with Gasteiger partial charge in [-0.15, -0.1) is 0 Å². The van der Waals surface area contributed by atoms with Crippen molar-refractivity contribution in [1.82, 2.24) is 9.97 Å². The van der Waals surface area contributed by atoms with Crippen molar-refractivity contribution in [2.45, 2.75) is 0 Å². The molecule has 76 valence electrons. The second kappa shape index (κ2) is 3.82. The van der Waals surface area contributed by atoms with Gasteiger partial charge >= 0.3 is 0 Å². The number of halogens is 2. The molecule has 2 rings (SSSR count). The Hall–Kier alpha value is -1.68. The van der Waals surface area contributed by atoms with Crippen LogP contribution < -0.4 is 5.73 Å². The smallest absolute Gasteiger partial charge is 0.223 e. The molecule has 0 saturated heterocycles. The molecule has 0 unspecified atom stereocenters. The fraction of sp³-hybridized carbons (Fsp3) is 0. The highest BCUT2D eigenvalue weighted by molar-refractivity contribution is 6.29. The van der Waals surface area contributed by atoms with E-state index in [4.69, 9.17) is 17.3 Å². The summed E-state index contributed by atoms with van der Waals surface area (Å²) in [6.07, 6.45) is 1.51. The van der Waals surface area contributed by atoms with E-state index < -0.39 is 5.95 Å². The van der Waals surface area contributed by atoms with Gasteiger partial charge in [-0.25, -0.2) is 4.98 Å². The van der Waals surface area contributed by atoms with Crippen molar-refractivity contribution in [1.29, 1.82) is 0 Å². The number of hydrogen-bond acceptors (Lipinski definition) is 3. The fourth-order valence-corrected chi connectivity index (χ4v) is 1.33. The van der Waals surface area contributed by atoms with Gasteiger partial charge in [0.15, 0.2) is 0 Å². The fourth-order valence-electron chi connectivity index (χ4n) is 1.20. The van der Waals surface area contributed by atoms with E-state index in [-0.39, 0.29) is 10.7 Å². The molecule has 3 nitrogen and oxygen atoms in total. The number of hydrogen-bond donors (Lipinski definition) is 1. The monoisotopic (exact) mass is 223 g/mol. The molecule has 0 bridgehead atoms. The Balaban J connectivity index is 2.54. The van der Waals surface area contributed by atoms with Crippen LogP contribution in [0.1, 0.15) is 0 Å². The molecular weight excluding hydrogens is 217 g/mol. The van der Waals surface area contributed by atoms with Gasteiger partial charge in [-0.3, -0.25) is 4.98 Å². The summed E-state index contributed by atoms with van der Waals surface area (Å²) in [6, 6.07) is 6.23. The van der Waals surface area contributed by atoms with Crippen LogP contribution in [0.3, 0.4) is 0 Å². The number of nitrogens with zero attached hydrogens (tertiary/aromatic N) is 2. The van der Waals surface area contributed by atoms with E-state index in [1.165, 1.54) is 18.3 Å². The van der Waals surface area contributed by atoms with Gasteiger partial charge in [-0.05, 0) is 24.3 Å². The maximum Gasteiger partial charge on any atom is 0.223 e. The first-order chi connectivity index (χ1) is 7.16. The van der Waals surface area contributed by atoms with Gasteiger partial charge in [0.05, 0.1) is 11.3 Å². The summed E-state index contributed by atoms with van der Waals surface area (Å²) in [5.41, 5.74) is 6.81. The quantitative estimate of drug-likeness (QED) is 0.756. The molecule has 2 aromatic heterocycles. The molecule has 0 atom stereocenters. The summed E-state index contributed by atoms with van der Waals surface area (Å²) >= 11 is 5.54. The maximum absolute atomic E-state index is 13.4. The van der Waals surface area contributed by atoms with Crippen molar-refractivity contribution < 1.29 is 4.39 Å². The molecule has 15 heavy (non-hydrogen) atoms. The molecule has 2 aromatic rings. The van der Waals surface area contributed by atoms with Gasteiger partial charge in [-0.1, -0.05) is 11.6 Å². The standard InChI is InChI=1S/C10H7ClFN3/c11-9-2-1-7(10(12)15-9)8-5-6(13)3-4-14-8/h1-5H,(H2,13,14). The molecular formula is C10H7ClFN3. The van der Waals surface area contributed by atoms with Gasteiger partial charge in [0.1, 0.15) is 5.15 Å². The number of anilines is 1. The van der Waals surface area contributed by atoms with Crippen LogP contribution in [0.25, 0.3) is 11.3 Å². The lowest BCUT2D eigenvalue weighted by molar-refractivity contribution is 0.587. The largest absolute Gasteiger partial charge is 0.399 e. The van der Waals surface area contributed by atoms with E-state index in [0.717, 1.165) is 0 Å². The normalized spacial score (nSPS) is 10.3. The summed E-state index contributed by atoms with van der Waals surface area (Å²) in [4.78, 5) is 7.49. The van der Waals surface area contributed by atoms with E-state index in [2.05, 4.69) is 9.97 Å². The molecule has 0 aliphatic heterocycles. The van der Waals surface area contributed by atoms with E-state index in [1.807, 2.05) is 0 Å². The van der Waals surface area contributed by atoms with Crippen molar-refractivity contribution in [2.24, 2.45) is 0 Å². The Labute approximate surface area is 90.7 Å². The van der Waals surface area contributed by atoms with Crippen molar-refractivity contribution in [2.75, 3.05) is 5.73 Å². The summed E-state index contributed by atoms with van der Waals surface area (Å²) in [5.74, 6) is -0.652. The topological polar surface area (TPSA) is 51.8 Å². The van der Waals surface area contributed by atoms with Gasteiger partial charge < -0.3 is 5.73 Å². The first-order valence-corrected chi connectivity index (χ1v) is 4.58. The van der Waals surface area contributed by atoms with Crippen LogP contribution in [-0.2, 0) is 0 Å². The minimum atomic E-state index is -0.652. The average molecular weight is 224 g/mol. The number of rotatable bonds is 1. The first-order valence-electron chi connectivity index (χ1n) is 4.21. The molecule has 0 aliphatic rings. The third-order valence-corrected chi connectivity index (χ3v) is 2.09. The summed E-state index contributed by atoms with van der Waals surface area (Å²) in [6.45, 7) is 0. The molecule has 0 aromatic carbocycles. The lowest BCUT2D eigenvalue weighted by atomic mass is 10.2. The zero-order valence-electron chi connectivity index (χ0n) is 7.61. The van der Waals surface area contributed by atoms with Crippen LogP contribution in [0, 0.1) is 5.95 Å². The summed E-state index contributed by atoms with van der Waals surface area (Å²) in [7, 11) is 0. The van der Waals surface area contributed by atoms with Crippen LogP contribution in [0.4, 0.5) is 10.1 Å². The Morgan fingerprint density at radius 3 is 2.73 bits per heavy atom. The Kier molecular flexibility index (Phi) is 2.51. The van der Waals surface area contributed by atoms with Gasteiger partial charge in [0.25, 0.3) is 0 Å². The van der Waals surface area contributed by atoms with Crippen molar-refractivity contribution in [3.8, 4) is 11.3 Å². The number of nitrogens with two attached hydrogens (primary N) is 1. The van der Waals surface area contributed by atoms with E-state index in [9.17, 15) is 4.39 Å². The number of pyridine rings is 2. The van der Waals surface area contributed by atoms with Gasteiger partial charge in [-0.2, -0.15) is 4.39 Å². The minimum absolute atomic E-state index is 0.111. The lowest BCUT2D eigenvalue weighted by Crippen LogP contribution is -1.93. The van der Waals surface area contributed by atoms with Crippen molar-refractivity contribution in [3.63, 3.8) is 0 Å². The van der Waals surface area contributed by atoms with E-state index >= 15 is 0 Å². The molecule has 0 fully saturated rings. The molecule has 2 heterocycles. The van der Waals surface area contributed by atoms with Crippen molar-refractivity contribution in [3.05, 3.63) is 41.6 Å². The zero-order valence-corrected chi connectivity index (χ0v) is 8.37. The Bertz CT molecular complexity index is 502. The Morgan fingerprint density at radius 2 is 2.07 bits per heavy atom. The second-order valence-corrected chi connectivity index (χ2v) is 3.33.